The van der Waals surface area contributed by atoms with Crippen LogP contribution in [0.3, 0.4) is 0 Å². The fraction of sp³-hybridized carbons (Fsp3) is 0.591. The number of nitrogen functional groups attached to an aromatic ring is 1. The van der Waals surface area contributed by atoms with Crippen molar-refractivity contribution in [3.8, 4) is 0 Å². The van der Waals surface area contributed by atoms with E-state index in [0.29, 0.717) is 11.4 Å². The summed E-state index contributed by atoms with van der Waals surface area (Å²) in [7, 11) is 0. The van der Waals surface area contributed by atoms with Crippen molar-refractivity contribution in [2.24, 2.45) is 0 Å². The van der Waals surface area contributed by atoms with Gasteiger partial charge >= 0.3 is 11.8 Å². The number of imide groups is 1. The zero-order chi connectivity index (χ0) is 20.4. The maximum absolute atomic E-state index is 12.7. The molecule has 0 atom stereocenters. The van der Waals surface area contributed by atoms with Crippen LogP contribution in [0.2, 0.25) is 0 Å². The smallest absolute Gasteiger partial charge is 0.323 e. The van der Waals surface area contributed by atoms with Crippen LogP contribution in [0.4, 0.5) is 11.4 Å². The largest absolute Gasteiger partial charge is 0.399 e. The summed E-state index contributed by atoms with van der Waals surface area (Å²) in [4.78, 5) is 38.2. The molecule has 0 saturated heterocycles. The van der Waals surface area contributed by atoms with Crippen LogP contribution >= 0.6 is 0 Å². The maximum Gasteiger partial charge on any atom is 0.323 e. The molecule has 0 spiro atoms. The molecule has 0 bridgehead atoms. The summed E-state index contributed by atoms with van der Waals surface area (Å²) in [5.41, 5.74) is 6.54. The van der Waals surface area contributed by atoms with Gasteiger partial charge in [-0.25, -0.2) is 4.90 Å². The molecule has 1 saturated carbocycles. The van der Waals surface area contributed by atoms with Crippen molar-refractivity contribution in [1.82, 2.24) is 5.32 Å². The number of benzene rings is 1. The lowest BCUT2D eigenvalue weighted by Gasteiger charge is -2.22. The van der Waals surface area contributed by atoms with Gasteiger partial charge in [-0.2, -0.15) is 0 Å². The van der Waals surface area contributed by atoms with Crippen LogP contribution in [-0.2, 0) is 14.4 Å². The number of amides is 3. The number of carbonyl (C=O) groups excluding carboxylic acids is 3. The minimum atomic E-state index is -0.844. The second-order valence-corrected chi connectivity index (χ2v) is 7.68. The lowest BCUT2D eigenvalue weighted by atomic mass is 9.98. The predicted molar refractivity (Wildman–Crippen MR) is 112 cm³/mol. The molecule has 6 heteroatoms. The Bertz CT molecular complexity index is 645. The van der Waals surface area contributed by atoms with Gasteiger partial charge in [-0.1, -0.05) is 57.8 Å². The molecule has 3 amide bonds. The van der Waals surface area contributed by atoms with Gasteiger partial charge in [-0.15, -0.1) is 0 Å². The molecule has 1 fully saturated rings. The van der Waals surface area contributed by atoms with Crippen LogP contribution in [0.15, 0.2) is 24.3 Å². The third-order valence-corrected chi connectivity index (χ3v) is 5.30. The first kappa shape index (κ1) is 21.9. The Hall–Kier alpha value is -2.37. The van der Waals surface area contributed by atoms with Crippen molar-refractivity contribution < 1.29 is 14.4 Å². The summed E-state index contributed by atoms with van der Waals surface area (Å²) >= 11 is 0. The lowest BCUT2D eigenvalue weighted by molar-refractivity contribution is -0.139. The molecular formula is C22H33N3O3. The quantitative estimate of drug-likeness (QED) is 0.594. The monoisotopic (exact) mass is 387 g/mol. The molecule has 1 aliphatic carbocycles. The van der Waals surface area contributed by atoms with E-state index in [-0.39, 0.29) is 6.04 Å². The highest BCUT2D eigenvalue weighted by Gasteiger charge is 2.28. The van der Waals surface area contributed by atoms with Crippen molar-refractivity contribution in [3.05, 3.63) is 24.3 Å². The molecule has 2 rings (SSSR count). The number of carbonyl (C=O) groups is 3. The van der Waals surface area contributed by atoms with Crippen molar-refractivity contribution in [3.63, 3.8) is 0 Å². The SMILES string of the molecule is CC(=O)N(C(=O)C(=O)NC1CCCCCCCCCCC1)c1ccc(N)cc1. The molecule has 0 heterocycles. The average molecular weight is 388 g/mol. The first-order valence-electron chi connectivity index (χ1n) is 10.5. The molecule has 154 valence electrons. The first-order valence-corrected chi connectivity index (χ1v) is 10.5. The second-order valence-electron chi connectivity index (χ2n) is 7.68. The van der Waals surface area contributed by atoms with E-state index in [2.05, 4.69) is 5.32 Å². The third kappa shape index (κ3) is 6.98. The van der Waals surface area contributed by atoms with E-state index >= 15 is 0 Å². The minimum Gasteiger partial charge on any atom is -0.399 e. The van der Waals surface area contributed by atoms with Crippen molar-refractivity contribution in [1.29, 1.82) is 0 Å². The number of nitrogens with two attached hydrogens (primary N) is 1. The van der Waals surface area contributed by atoms with Gasteiger partial charge in [-0.05, 0) is 37.1 Å². The van der Waals surface area contributed by atoms with Gasteiger partial charge in [0.1, 0.15) is 0 Å². The van der Waals surface area contributed by atoms with Crippen LogP contribution in [-0.4, -0.2) is 23.8 Å². The lowest BCUT2D eigenvalue weighted by Crippen LogP contribution is -2.48. The number of nitrogens with one attached hydrogen (secondary N) is 1. The maximum atomic E-state index is 12.7. The summed E-state index contributed by atoms with van der Waals surface area (Å²) in [6.45, 7) is 1.28. The third-order valence-electron chi connectivity index (χ3n) is 5.30. The van der Waals surface area contributed by atoms with Gasteiger partial charge in [0.15, 0.2) is 0 Å². The standard InChI is InChI=1S/C22H33N3O3/c1-17(26)25(20-15-13-18(23)14-16-20)22(28)21(27)24-19-11-9-7-5-3-2-4-6-8-10-12-19/h13-16,19H,2-12,23H2,1H3,(H,24,27). The van der Waals surface area contributed by atoms with Crippen molar-refractivity contribution in [2.45, 2.75) is 83.6 Å². The summed E-state index contributed by atoms with van der Waals surface area (Å²) in [5.74, 6) is -2.06. The van der Waals surface area contributed by atoms with Crippen LogP contribution in [0.1, 0.15) is 77.6 Å². The van der Waals surface area contributed by atoms with E-state index in [1.807, 2.05) is 0 Å². The number of hydrogen-bond acceptors (Lipinski definition) is 4. The highest BCUT2D eigenvalue weighted by molar-refractivity contribution is 6.45. The Balaban J connectivity index is 2.01. The van der Waals surface area contributed by atoms with E-state index < -0.39 is 17.7 Å². The Morgan fingerprint density at radius 2 is 1.32 bits per heavy atom. The average Bonchev–Trinajstić information content (AvgIpc) is 2.65. The summed E-state index contributed by atoms with van der Waals surface area (Å²) in [5, 5.41) is 2.88. The Morgan fingerprint density at radius 3 is 1.79 bits per heavy atom. The van der Waals surface area contributed by atoms with E-state index in [9.17, 15) is 14.4 Å². The van der Waals surface area contributed by atoms with Crippen LogP contribution in [0.5, 0.6) is 0 Å². The molecule has 3 N–H and O–H groups in total. The number of anilines is 2. The van der Waals surface area contributed by atoms with E-state index in [1.54, 1.807) is 24.3 Å². The number of rotatable bonds is 2. The highest BCUT2D eigenvalue weighted by atomic mass is 16.2. The Kier molecular flexibility index (Phi) is 8.98. The van der Waals surface area contributed by atoms with Gasteiger partial charge in [0.25, 0.3) is 0 Å². The summed E-state index contributed by atoms with van der Waals surface area (Å²) < 4.78 is 0. The van der Waals surface area contributed by atoms with Crippen molar-refractivity contribution >= 4 is 29.1 Å². The molecule has 1 aromatic rings. The van der Waals surface area contributed by atoms with E-state index in [0.717, 1.165) is 43.4 Å². The Morgan fingerprint density at radius 1 is 0.857 bits per heavy atom. The van der Waals surface area contributed by atoms with Crippen LogP contribution in [0.25, 0.3) is 0 Å². The molecule has 0 aromatic heterocycles. The van der Waals surface area contributed by atoms with E-state index in [4.69, 9.17) is 5.73 Å². The first-order chi connectivity index (χ1) is 13.5. The summed E-state index contributed by atoms with van der Waals surface area (Å²) in [6.07, 6.45) is 12.5. The topological polar surface area (TPSA) is 92.5 Å². The molecule has 1 aromatic carbocycles. The highest BCUT2D eigenvalue weighted by Crippen LogP contribution is 2.19. The van der Waals surface area contributed by atoms with E-state index in [1.165, 1.54) is 39.0 Å². The van der Waals surface area contributed by atoms with Gasteiger partial charge in [0.2, 0.25) is 5.91 Å². The second kappa shape index (κ2) is 11.5. The van der Waals surface area contributed by atoms with Gasteiger partial charge in [0.05, 0.1) is 5.69 Å². The Labute approximate surface area is 167 Å². The number of hydrogen-bond donors (Lipinski definition) is 2. The zero-order valence-electron chi connectivity index (χ0n) is 16.9. The fourth-order valence-corrected chi connectivity index (χ4v) is 3.72. The predicted octanol–water partition coefficient (Wildman–Crippen LogP) is 3.94. The molecular weight excluding hydrogens is 354 g/mol. The fourth-order valence-electron chi connectivity index (χ4n) is 3.72. The van der Waals surface area contributed by atoms with Crippen LogP contribution < -0.4 is 16.0 Å². The molecule has 6 nitrogen and oxygen atoms in total. The van der Waals surface area contributed by atoms with Crippen LogP contribution in [0, 0.1) is 0 Å². The molecule has 0 radical (unpaired) electrons. The molecule has 0 aliphatic heterocycles. The van der Waals surface area contributed by atoms with Gasteiger partial charge < -0.3 is 11.1 Å². The number of nitrogens with zero attached hydrogens (tertiary/aromatic N) is 1. The molecule has 1 aliphatic rings. The normalized spacial score (nSPS) is 17.0. The minimum absolute atomic E-state index is 0.0175. The van der Waals surface area contributed by atoms with Crippen molar-refractivity contribution in [2.75, 3.05) is 10.6 Å². The van der Waals surface area contributed by atoms with Gasteiger partial charge in [-0.3, -0.25) is 14.4 Å². The molecule has 28 heavy (non-hydrogen) atoms. The zero-order valence-corrected chi connectivity index (χ0v) is 16.9. The molecule has 0 unspecified atom stereocenters. The summed E-state index contributed by atoms with van der Waals surface area (Å²) in [6, 6.07) is 6.32. The van der Waals surface area contributed by atoms with Gasteiger partial charge in [0, 0.05) is 18.7 Å².